The van der Waals surface area contributed by atoms with Crippen molar-refractivity contribution < 1.29 is 0 Å². The van der Waals surface area contributed by atoms with Gasteiger partial charge in [0.05, 0.1) is 0 Å². The predicted molar refractivity (Wildman–Crippen MR) is 89.8 cm³/mol. The average Bonchev–Trinajstić information content (AvgIpc) is 2.49. The fourth-order valence-corrected chi connectivity index (χ4v) is 3.16. The van der Waals surface area contributed by atoms with Crippen LogP contribution in [0.2, 0.25) is 5.02 Å². The number of nitrogens with zero attached hydrogens (tertiary/aromatic N) is 1. The van der Waals surface area contributed by atoms with E-state index in [0.717, 1.165) is 23.8 Å². The van der Waals surface area contributed by atoms with E-state index in [9.17, 15) is 0 Å². The van der Waals surface area contributed by atoms with Crippen molar-refractivity contribution in [1.82, 2.24) is 4.90 Å². The molecule has 1 heterocycles. The first-order valence-corrected chi connectivity index (χ1v) is 7.96. The highest BCUT2D eigenvalue weighted by atomic mass is 35.5. The summed E-state index contributed by atoms with van der Waals surface area (Å²) in [7, 11) is 0. The molecule has 1 aliphatic heterocycles. The first kappa shape index (κ1) is 14.4. The van der Waals surface area contributed by atoms with Crippen molar-refractivity contribution in [3.8, 4) is 0 Å². The van der Waals surface area contributed by atoms with Crippen molar-refractivity contribution in [3.63, 3.8) is 0 Å². The van der Waals surface area contributed by atoms with Crippen molar-refractivity contribution in [2.45, 2.75) is 25.4 Å². The summed E-state index contributed by atoms with van der Waals surface area (Å²) in [5.74, 6) is 0. The number of halogens is 1. The van der Waals surface area contributed by atoms with E-state index in [0.29, 0.717) is 6.04 Å². The number of nitrogens with one attached hydrogen (secondary N) is 1. The van der Waals surface area contributed by atoms with Gasteiger partial charge in [0, 0.05) is 29.8 Å². The molecule has 21 heavy (non-hydrogen) atoms. The van der Waals surface area contributed by atoms with Crippen LogP contribution < -0.4 is 5.32 Å². The van der Waals surface area contributed by atoms with E-state index in [1.807, 2.05) is 18.2 Å². The number of piperidine rings is 1. The molecule has 1 N–H and O–H groups in total. The van der Waals surface area contributed by atoms with Crippen LogP contribution in [-0.4, -0.2) is 24.0 Å². The van der Waals surface area contributed by atoms with Gasteiger partial charge in [-0.3, -0.25) is 4.90 Å². The molecule has 1 unspecified atom stereocenters. The summed E-state index contributed by atoms with van der Waals surface area (Å²) in [6.45, 7) is 3.30. The standard InChI is InChI=1S/C18H21ClN2/c19-16-8-4-9-17(12-16)20-18-10-5-11-21(14-18)13-15-6-2-1-3-7-15/h1-4,6-9,12,18,20H,5,10-11,13-14H2. The summed E-state index contributed by atoms with van der Waals surface area (Å²) >= 11 is 6.05. The van der Waals surface area contributed by atoms with Gasteiger partial charge in [0.1, 0.15) is 0 Å². The molecule has 0 amide bonds. The summed E-state index contributed by atoms with van der Waals surface area (Å²) in [5.41, 5.74) is 2.51. The lowest BCUT2D eigenvalue weighted by molar-refractivity contribution is 0.208. The molecule has 0 aromatic heterocycles. The zero-order valence-corrected chi connectivity index (χ0v) is 12.9. The van der Waals surface area contributed by atoms with Gasteiger partial charge in [-0.2, -0.15) is 0 Å². The SMILES string of the molecule is Clc1cccc(NC2CCCN(Cc3ccccc3)C2)c1. The average molecular weight is 301 g/mol. The molecule has 1 fully saturated rings. The Bertz CT molecular complexity index is 570. The normalized spacial score (nSPS) is 19.4. The zero-order chi connectivity index (χ0) is 14.5. The van der Waals surface area contributed by atoms with Crippen molar-refractivity contribution in [3.05, 3.63) is 65.2 Å². The Balaban J connectivity index is 1.58. The molecule has 0 bridgehead atoms. The molecule has 1 saturated heterocycles. The van der Waals surface area contributed by atoms with Gasteiger partial charge < -0.3 is 5.32 Å². The number of hydrogen-bond acceptors (Lipinski definition) is 2. The van der Waals surface area contributed by atoms with Gasteiger partial charge in [0.25, 0.3) is 0 Å². The van der Waals surface area contributed by atoms with Gasteiger partial charge in [-0.1, -0.05) is 48.0 Å². The molecule has 1 atom stereocenters. The maximum Gasteiger partial charge on any atom is 0.0426 e. The van der Waals surface area contributed by atoms with Crippen molar-refractivity contribution in [2.24, 2.45) is 0 Å². The second-order valence-corrected chi connectivity index (χ2v) is 6.15. The molecule has 3 rings (SSSR count). The number of benzene rings is 2. The van der Waals surface area contributed by atoms with Gasteiger partial charge in [-0.05, 0) is 43.1 Å². The third kappa shape index (κ3) is 4.23. The molecule has 2 aromatic rings. The largest absolute Gasteiger partial charge is 0.381 e. The minimum absolute atomic E-state index is 0.501. The van der Waals surface area contributed by atoms with Crippen LogP contribution in [0.1, 0.15) is 18.4 Å². The highest BCUT2D eigenvalue weighted by Gasteiger charge is 2.19. The van der Waals surface area contributed by atoms with Crippen molar-refractivity contribution in [1.29, 1.82) is 0 Å². The van der Waals surface area contributed by atoms with Gasteiger partial charge in [0.15, 0.2) is 0 Å². The first-order valence-electron chi connectivity index (χ1n) is 7.58. The Morgan fingerprint density at radius 2 is 1.95 bits per heavy atom. The molecule has 0 aliphatic carbocycles. The van der Waals surface area contributed by atoms with E-state index in [4.69, 9.17) is 11.6 Å². The molecular formula is C18H21ClN2. The third-order valence-corrected chi connectivity index (χ3v) is 4.19. The van der Waals surface area contributed by atoms with Crippen LogP contribution in [0, 0.1) is 0 Å². The molecule has 0 saturated carbocycles. The van der Waals surface area contributed by atoms with Crippen molar-refractivity contribution >= 4 is 17.3 Å². The molecule has 3 heteroatoms. The van der Waals surface area contributed by atoms with E-state index >= 15 is 0 Å². The van der Waals surface area contributed by atoms with Crippen LogP contribution in [0.5, 0.6) is 0 Å². The monoisotopic (exact) mass is 300 g/mol. The van der Waals surface area contributed by atoms with Crippen LogP contribution in [0.4, 0.5) is 5.69 Å². The minimum atomic E-state index is 0.501. The predicted octanol–water partition coefficient (Wildman–Crippen LogP) is 4.42. The molecule has 2 aromatic carbocycles. The second-order valence-electron chi connectivity index (χ2n) is 5.71. The summed E-state index contributed by atoms with van der Waals surface area (Å²) in [4.78, 5) is 2.53. The Morgan fingerprint density at radius 3 is 2.76 bits per heavy atom. The van der Waals surface area contributed by atoms with E-state index < -0.39 is 0 Å². The molecule has 1 aliphatic rings. The van der Waals surface area contributed by atoms with Crippen LogP contribution in [0.3, 0.4) is 0 Å². The Hall–Kier alpha value is -1.51. The topological polar surface area (TPSA) is 15.3 Å². The van der Waals surface area contributed by atoms with Crippen LogP contribution in [0.25, 0.3) is 0 Å². The number of rotatable bonds is 4. The lowest BCUT2D eigenvalue weighted by Crippen LogP contribution is -2.41. The molecule has 110 valence electrons. The highest BCUT2D eigenvalue weighted by Crippen LogP contribution is 2.20. The fraction of sp³-hybridized carbons (Fsp3) is 0.333. The Kier molecular flexibility index (Phi) is 4.79. The van der Waals surface area contributed by atoms with Gasteiger partial charge in [-0.25, -0.2) is 0 Å². The molecule has 0 spiro atoms. The first-order chi connectivity index (χ1) is 10.3. The van der Waals surface area contributed by atoms with Crippen LogP contribution in [-0.2, 0) is 6.54 Å². The third-order valence-electron chi connectivity index (χ3n) is 3.95. The van der Waals surface area contributed by atoms with Crippen LogP contribution >= 0.6 is 11.6 Å². The van der Waals surface area contributed by atoms with Gasteiger partial charge >= 0.3 is 0 Å². The highest BCUT2D eigenvalue weighted by molar-refractivity contribution is 6.30. The second kappa shape index (κ2) is 6.97. The quantitative estimate of drug-likeness (QED) is 0.899. The number of anilines is 1. The maximum atomic E-state index is 6.05. The maximum absolute atomic E-state index is 6.05. The molecular weight excluding hydrogens is 280 g/mol. The van der Waals surface area contributed by atoms with Gasteiger partial charge in [0.2, 0.25) is 0 Å². The summed E-state index contributed by atoms with van der Waals surface area (Å²) in [6, 6.07) is 19.2. The molecule has 2 nitrogen and oxygen atoms in total. The van der Waals surface area contributed by atoms with Gasteiger partial charge in [-0.15, -0.1) is 0 Å². The molecule has 0 radical (unpaired) electrons. The lowest BCUT2D eigenvalue weighted by Gasteiger charge is -2.33. The Morgan fingerprint density at radius 1 is 1.10 bits per heavy atom. The summed E-state index contributed by atoms with van der Waals surface area (Å²) < 4.78 is 0. The van der Waals surface area contributed by atoms with E-state index in [1.165, 1.54) is 24.9 Å². The van der Waals surface area contributed by atoms with E-state index in [-0.39, 0.29) is 0 Å². The van der Waals surface area contributed by atoms with E-state index in [1.54, 1.807) is 0 Å². The summed E-state index contributed by atoms with van der Waals surface area (Å²) in [6.07, 6.45) is 2.46. The number of likely N-dealkylation sites (tertiary alicyclic amines) is 1. The summed E-state index contributed by atoms with van der Waals surface area (Å²) in [5, 5.41) is 4.40. The smallest absolute Gasteiger partial charge is 0.0426 e. The van der Waals surface area contributed by atoms with Crippen LogP contribution in [0.15, 0.2) is 54.6 Å². The minimum Gasteiger partial charge on any atom is -0.381 e. The number of hydrogen-bond donors (Lipinski definition) is 1. The Labute approximate surface area is 131 Å². The lowest BCUT2D eigenvalue weighted by atomic mass is 10.0. The van der Waals surface area contributed by atoms with E-state index in [2.05, 4.69) is 46.6 Å². The zero-order valence-electron chi connectivity index (χ0n) is 12.1. The van der Waals surface area contributed by atoms with Crippen molar-refractivity contribution in [2.75, 3.05) is 18.4 Å². The fourth-order valence-electron chi connectivity index (χ4n) is 2.97.